The number of rotatable bonds is 0. The van der Waals surface area contributed by atoms with Crippen molar-refractivity contribution in [2.45, 2.75) is 0 Å². The molecule has 0 amide bonds. The molecule has 22 heavy (non-hydrogen) atoms. The number of hydrogen-bond acceptors (Lipinski definition) is 3. The molecular formula is C18H11N3O. The van der Waals surface area contributed by atoms with E-state index in [1.807, 2.05) is 30.3 Å². The van der Waals surface area contributed by atoms with Crippen LogP contribution < -0.4 is 0 Å². The van der Waals surface area contributed by atoms with Crippen LogP contribution in [0.2, 0.25) is 0 Å². The van der Waals surface area contributed by atoms with Crippen LogP contribution in [0, 0.1) is 0 Å². The van der Waals surface area contributed by atoms with E-state index in [1.54, 1.807) is 18.3 Å². The minimum atomic E-state index is 0.233. The Morgan fingerprint density at radius 1 is 0.864 bits per heavy atom. The monoisotopic (exact) mass is 285 g/mol. The average Bonchev–Trinajstić information content (AvgIpc) is 2.95. The van der Waals surface area contributed by atoms with Gasteiger partial charge in [0.1, 0.15) is 11.4 Å². The molecule has 5 rings (SSSR count). The molecule has 4 nitrogen and oxygen atoms in total. The van der Waals surface area contributed by atoms with E-state index >= 15 is 0 Å². The highest BCUT2D eigenvalue weighted by molar-refractivity contribution is 6.12. The number of aromatic hydroxyl groups is 1. The van der Waals surface area contributed by atoms with Crippen LogP contribution in [0.5, 0.6) is 5.75 Å². The molecule has 0 spiro atoms. The molecule has 3 heterocycles. The van der Waals surface area contributed by atoms with Gasteiger partial charge in [-0.25, -0.2) is 4.98 Å². The van der Waals surface area contributed by atoms with Gasteiger partial charge in [0.25, 0.3) is 0 Å². The summed E-state index contributed by atoms with van der Waals surface area (Å²) in [6.45, 7) is 0. The van der Waals surface area contributed by atoms with Crippen molar-refractivity contribution in [2.24, 2.45) is 0 Å². The number of benzene rings is 2. The van der Waals surface area contributed by atoms with E-state index in [0.29, 0.717) is 0 Å². The van der Waals surface area contributed by atoms with Gasteiger partial charge in [0.15, 0.2) is 0 Å². The Bertz CT molecular complexity index is 1190. The normalized spacial score (nSPS) is 11.8. The summed E-state index contributed by atoms with van der Waals surface area (Å²) in [7, 11) is 0. The van der Waals surface area contributed by atoms with E-state index in [1.165, 1.54) is 0 Å². The minimum Gasteiger partial charge on any atom is -0.508 e. The standard InChI is InChI=1S/C18H11N3O/c22-11-7-8-12-13(10-11)18-20-14-4-1-2-5-15(14)21(18)16-6-3-9-19-17(12)16/h1-10,22H. The van der Waals surface area contributed by atoms with Crippen LogP contribution in [0.4, 0.5) is 0 Å². The lowest BCUT2D eigenvalue weighted by Gasteiger charge is -2.08. The number of phenolic OH excluding ortho intramolecular Hbond substituents is 1. The maximum absolute atomic E-state index is 9.88. The van der Waals surface area contributed by atoms with E-state index < -0.39 is 0 Å². The van der Waals surface area contributed by atoms with E-state index in [9.17, 15) is 5.11 Å². The third-order valence-electron chi connectivity index (χ3n) is 4.09. The van der Waals surface area contributed by atoms with Crippen LogP contribution in [0.3, 0.4) is 0 Å². The fourth-order valence-electron chi connectivity index (χ4n) is 3.16. The van der Waals surface area contributed by atoms with Crippen LogP contribution in [0.1, 0.15) is 0 Å². The molecule has 0 fully saturated rings. The molecule has 104 valence electrons. The van der Waals surface area contributed by atoms with Crippen molar-refractivity contribution in [3.05, 3.63) is 60.8 Å². The van der Waals surface area contributed by atoms with Crippen LogP contribution in [-0.4, -0.2) is 19.5 Å². The van der Waals surface area contributed by atoms with Crippen LogP contribution in [-0.2, 0) is 0 Å². The Labute approximate surface area is 125 Å². The Morgan fingerprint density at radius 2 is 1.73 bits per heavy atom. The SMILES string of the molecule is Oc1ccc2c(c1)c1nc3ccccc3n1c1cccnc21. The molecule has 0 unspecified atom stereocenters. The molecule has 0 radical (unpaired) electrons. The number of aromatic nitrogens is 3. The summed E-state index contributed by atoms with van der Waals surface area (Å²) in [5.41, 5.74) is 4.74. The van der Waals surface area contributed by atoms with E-state index in [-0.39, 0.29) is 5.75 Å². The molecule has 0 aliphatic carbocycles. The first-order valence-electron chi connectivity index (χ1n) is 7.09. The first kappa shape index (κ1) is 11.5. The highest BCUT2D eigenvalue weighted by Gasteiger charge is 2.14. The van der Waals surface area contributed by atoms with Crippen molar-refractivity contribution in [3.8, 4) is 5.75 Å². The number of pyridine rings is 2. The van der Waals surface area contributed by atoms with E-state index in [4.69, 9.17) is 4.98 Å². The van der Waals surface area contributed by atoms with Gasteiger partial charge in [-0.1, -0.05) is 12.1 Å². The van der Waals surface area contributed by atoms with Gasteiger partial charge in [-0.15, -0.1) is 0 Å². The Morgan fingerprint density at radius 3 is 2.68 bits per heavy atom. The van der Waals surface area contributed by atoms with Gasteiger partial charge in [-0.2, -0.15) is 0 Å². The lowest BCUT2D eigenvalue weighted by Crippen LogP contribution is -1.92. The highest BCUT2D eigenvalue weighted by atomic mass is 16.3. The zero-order valence-electron chi connectivity index (χ0n) is 11.6. The summed E-state index contributed by atoms with van der Waals surface area (Å²) in [6, 6.07) is 17.4. The van der Waals surface area contributed by atoms with Crippen molar-refractivity contribution in [1.29, 1.82) is 0 Å². The molecule has 1 N–H and O–H groups in total. The number of para-hydroxylation sites is 2. The van der Waals surface area contributed by atoms with E-state index in [0.717, 1.165) is 38.5 Å². The second-order valence-corrected chi connectivity index (χ2v) is 5.36. The zero-order valence-corrected chi connectivity index (χ0v) is 11.6. The summed E-state index contributed by atoms with van der Waals surface area (Å²) in [6.07, 6.45) is 1.79. The highest BCUT2D eigenvalue weighted by Crippen LogP contribution is 2.32. The Balaban J connectivity index is 2.23. The lowest BCUT2D eigenvalue weighted by molar-refractivity contribution is 0.476. The fourth-order valence-corrected chi connectivity index (χ4v) is 3.16. The fraction of sp³-hybridized carbons (Fsp3) is 0. The van der Waals surface area contributed by atoms with Crippen molar-refractivity contribution >= 4 is 38.5 Å². The van der Waals surface area contributed by atoms with E-state index in [2.05, 4.69) is 21.5 Å². The van der Waals surface area contributed by atoms with Crippen molar-refractivity contribution in [3.63, 3.8) is 0 Å². The Kier molecular flexibility index (Phi) is 2.07. The predicted molar refractivity (Wildman–Crippen MR) is 87.2 cm³/mol. The van der Waals surface area contributed by atoms with Gasteiger partial charge in [-0.05, 0) is 42.5 Å². The summed E-state index contributed by atoms with van der Waals surface area (Å²) >= 11 is 0. The number of imidazole rings is 1. The second-order valence-electron chi connectivity index (χ2n) is 5.36. The molecule has 0 aliphatic heterocycles. The third-order valence-corrected chi connectivity index (χ3v) is 4.09. The quantitative estimate of drug-likeness (QED) is 0.439. The van der Waals surface area contributed by atoms with Gasteiger partial charge in [-0.3, -0.25) is 9.38 Å². The number of fused-ring (bicyclic) bond motifs is 8. The molecule has 5 aromatic rings. The molecule has 3 aromatic heterocycles. The average molecular weight is 285 g/mol. The van der Waals surface area contributed by atoms with Crippen LogP contribution in [0.15, 0.2) is 60.8 Å². The molecule has 0 bridgehead atoms. The number of nitrogens with zero attached hydrogens (tertiary/aromatic N) is 3. The maximum atomic E-state index is 9.88. The molecular weight excluding hydrogens is 274 g/mol. The summed E-state index contributed by atoms with van der Waals surface area (Å²) in [4.78, 5) is 9.30. The topological polar surface area (TPSA) is 50.4 Å². The van der Waals surface area contributed by atoms with Gasteiger partial charge < -0.3 is 5.11 Å². The molecule has 2 aromatic carbocycles. The molecule has 0 saturated heterocycles. The van der Waals surface area contributed by atoms with Gasteiger partial charge in [0.2, 0.25) is 0 Å². The third kappa shape index (κ3) is 1.36. The smallest absolute Gasteiger partial charge is 0.146 e. The first-order chi connectivity index (χ1) is 10.8. The second kappa shape index (κ2) is 3.95. The summed E-state index contributed by atoms with van der Waals surface area (Å²) in [5, 5.41) is 11.8. The molecule has 0 saturated carbocycles. The predicted octanol–water partition coefficient (Wildman–Crippen LogP) is 3.89. The van der Waals surface area contributed by atoms with Gasteiger partial charge in [0, 0.05) is 17.0 Å². The zero-order chi connectivity index (χ0) is 14.7. The minimum absolute atomic E-state index is 0.233. The van der Waals surface area contributed by atoms with Gasteiger partial charge in [0.05, 0.1) is 22.1 Å². The largest absolute Gasteiger partial charge is 0.508 e. The van der Waals surface area contributed by atoms with Crippen molar-refractivity contribution in [1.82, 2.24) is 14.4 Å². The Hall–Kier alpha value is -3.14. The summed E-state index contributed by atoms with van der Waals surface area (Å²) in [5.74, 6) is 0.233. The van der Waals surface area contributed by atoms with Gasteiger partial charge >= 0.3 is 0 Å². The summed E-state index contributed by atoms with van der Waals surface area (Å²) < 4.78 is 2.11. The lowest BCUT2D eigenvalue weighted by atomic mass is 10.1. The van der Waals surface area contributed by atoms with Crippen LogP contribution in [0.25, 0.3) is 38.5 Å². The molecule has 0 atom stereocenters. The number of hydrogen-bond donors (Lipinski definition) is 1. The van der Waals surface area contributed by atoms with Crippen LogP contribution >= 0.6 is 0 Å². The maximum Gasteiger partial charge on any atom is 0.146 e. The first-order valence-corrected chi connectivity index (χ1v) is 7.09. The molecule has 0 aliphatic rings. The number of phenols is 1. The van der Waals surface area contributed by atoms with Crippen molar-refractivity contribution in [2.75, 3.05) is 0 Å². The van der Waals surface area contributed by atoms with Crippen molar-refractivity contribution < 1.29 is 5.11 Å². The molecule has 4 heteroatoms.